The Kier molecular flexibility index (Phi) is 5.07. The number of hydrogen-bond acceptors (Lipinski definition) is 5. The average molecular weight is 367 g/mol. The van der Waals surface area contributed by atoms with Crippen molar-refractivity contribution in [1.29, 1.82) is 0 Å². The molecule has 1 aromatic carbocycles. The fraction of sp³-hybridized carbons (Fsp3) is 0.263. The van der Waals surface area contributed by atoms with Gasteiger partial charge in [-0.3, -0.25) is 14.5 Å². The molecule has 27 heavy (non-hydrogen) atoms. The van der Waals surface area contributed by atoms with Crippen LogP contribution < -0.4 is 16.8 Å². The van der Waals surface area contributed by atoms with E-state index in [1.54, 1.807) is 19.1 Å². The molecule has 2 aromatic rings. The molecular formula is C19H21N5O3. The highest BCUT2D eigenvalue weighted by Gasteiger charge is 2.53. The standard InChI is InChI=1S/C19H21N5O3/c1-11(13-5-3-2-4-6-13)23-19(27)24-16(17(21)25)14(18(24)26)9-12-7-8-22-15(20)10-12/h2-8,10-11,14,16H,9H2,1H3,(H2,20,22)(H2,21,25)(H,23,27). The van der Waals surface area contributed by atoms with E-state index in [2.05, 4.69) is 10.3 Å². The molecule has 0 radical (unpaired) electrons. The number of anilines is 1. The van der Waals surface area contributed by atoms with Gasteiger partial charge in [-0.15, -0.1) is 0 Å². The van der Waals surface area contributed by atoms with Gasteiger partial charge in [0.1, 0.15) is 11.9 Å². The monoisotopic (exact) mass is 367 g/mol. The normalized spacial score (nSPS) is 19.9. The predicted octanol–water partition coefficient (Wildman–Crippen LogP) is 0.989. The van der Waals surface area contributed by atoms with Gasteiger partial charge in [0.2, 0.25) is 11.8 Å². The zero-order valence-corrected chi connectivity index (χ0v) is 14.8. The van der Waals surface area contributed by atoms with Crippen LogP contribution in [0.5, 0.6) is 0 Å². The number of carbonyl (C=O) groups is 3. The lowest BCUT2D eigenvalue weighted by Gasteiger charge is -2.44. The molecule has 4 amide bonds. The summed E-state index contributed by atoms with van der Waals surface area (Å²) in [5.41, 5.74) is 12.7. The average Bonchev–Trinajstić information content (AvgIpc) is 2.64. The molecule has 0 spiro atoms. The van der Waals surface area contributed by atoms with Crippen molar-refractivity contribution in [2.45, 2.75) is 25.4 Å². The number of benzene rings is 1. The highest BCUT2D eigenvalue weighted by molar-refractivity contribution is 6.08. The first kappa shape index (κ1) is 18.4. The third-order valence-corrected chi connectivity index (χ3v) is 4.66. The third-order valence-electron chi connectivity index (χ3n) is 4.66. The van der Waals surface area contributed by atoms with E-state index in [0.717, 1.165) is 16.0 Å². The number of nitrogens with two attached hydrogens (primary N) is 2. The van der Waals surface area contributed by atoms with Crippen LogP contribution in [0.15, 0.2) is 48.7 Å². The quantitative estimate of drug-likeness (QED) is 0.678. The summed E-state index contributed by atoms with van der Waals surface area (Å²) in [6.07, 6.45) is 1.79. The van der Waals surface area contributed by atoms with Gasteiger partial charge >= 0.3 is 6.03 Å². The van der Waals surface area contributed by atoms with Gasteiger partial charge in [0.25, 0.3) is 0 Å². The number of imide groups is 1. The van der Waals surface area contributed by atoms with E-state index in [9.17, 15) is 14.4 Å². The summed E-state index contributed by atoms with van der Waals surface area (Å²) in [6, 6.07) is 10.7. The topological polar surface area (TPSA) is 131 Å². The fourth-order valence-electron chi connectivity index (χ4n) is 3.25. The molecule has 8 heteroatoms. The molecule has 0 saturated carbocycles. The van der Waals surface area contributed by atoms with E-state index < -0.39 is 29.8 Å². The lowest BCUT2D eigenvalue weighted by atomic mass is 9.82. The first-order valence-corrected chi connectivity index (χ1v) is 8.56. The Hall–Kier alpha value is -3.42. The molecule has 1 aliphatic rings. The number of primary amides is 1. The van der Waals surface area contributed by atoms with Crippen molar-refractivity contribution in [2.75, 3.05) is 5.73 Å². The third kappa shape index (κ3) is 3.74. The minimum Gasteiger partial charge on any atom is -0.384 e. The van der Waals surface area contributed by atoms with Crippen LogP contribution in [0.3, 0.4) is 0 Å². The van der Waals surface area contributed by atoms with Crippen LogP contribution in [0.4, 0.5) is 10.6 Å². The molecule has 0 aliphatic carbocycles. The van der Waals surface area contributed by atoms with Gasteiger partial charge in [-0.25, -0.2) is 9.78 Å². The Morgan fingerprint density at radius 3 is 2.59 bits per heavy atom. The second-order valence-corrected chi connectivity index (χ2v) is 6.54. The van der Waals surface area contributed by atoms with Crippen molar-refractivity contribution in [3.05, 3.63) is 59.8 Å². The summed E-state index contributed by atoms with van der Waals surface area (Å²) in [7, 11) is 0. The number of pyridine rings is 1. The Morgan fingerprint density at radius 2 is 1.96 bits per heavy atom. The molecule has 3 rings (SSSR count). The molecule has 1 aliphatic heterocycles. The lowest BCUT2D eigenvalue weighted by molar-refractivity contribution is -0.156. The zero-order chi connectivity index (χ0) is 19.6. The van der Waals surface area contributed by atoms with Crippen LogP contribution in [0.2, 0.25) is 0 Å². The van der Waals surface area contributed by atoms with E-state index in [1.165, 1.54) is 6.20 Å². The number of β-lactam (4-membered cyclic amide) rings is 1. The van der Waals surface area contributed by atoms with Crippen LogP contribution in [0.25, 0.3) is 0 Å². The van der Waals surface area contributed by atoms with Crippen molar-refractivity contribution in [3.8, 4) is 0 Å². The highest BCUT2D eigenvalue weighted by Crippen LogP contribution is 2.30. The number of amides is 4. The van der Waals surface area contributed by atoms with E-state index in [4.69, 9.17) is 11.5 Å². The molecule has 3 unspecified atom stereocenters. The van der Waals surface area contributed by atoms with Gasteiger partial charge in [0.15, 0.2) is 0 Å². The fourth-order valence-corrected chi connectivity index (χ4v) is 3.25. The second kappa shape index (κ2) is 7.45. The van der Waals surface area contributed by atoms with Crippen LogP contribution in [-0.4, -0.2) is 33.8 Å². The molecule has 1 aromatic heterocycles. The zero-order valence-electron chi connectivity index (χ0n) is 14.8. The molecular weight excluding hydrogens is 346 g/mol. The van der Waals surface area contributed by atoms with Crippen LogP contribution in [0, 0.1) is 5.92 Å². The number of nitrogen functional groups attached to an aromatic ring is 1. The minimum atomic E-state index is -0.991. The van der Waals surface area contributed by atoms with Gasteiger partial charge in [0.05, 0.1) is 12.0 Å². The summed E-state index contributed by atoms with van der Waals surface area (Å²) in [4.78, 5) is 41.8. The molecule has 3 atom stereocenters. The number of nitrogens with one attached hydrogen (secondary N) is 1. The number of aromatic nitrogens is 1. The van der Waals surface area contributed by atoms with Crippen molar-refractivity contribution in [2.24, 2.45) is 11.7 Å². The number of likely N-dealkylation sites (tertiary alicyclic amines) is 1. The van der Waals surface area contributed by atoms with Crippen molar-refractivity contribution < 1.29 is 14.4 Å². The second-order valence-electron chi connectivity index (χ2n) is 6.54. The first-order chi connectivity index (χ1) is 12.9. The van der Waals surface area contributed by atoms with Gasteiger partial charge in [-0.05, 0) is 36.6 Å². The van der Waals surface area contributed by atoms with Crippen LogP contribution in [-0.2, 0) is 16.0 Å². The summed E-state index contributed by atoms with van der Waals surface area (Å²) in [5.74, 6) is -1.53. The number of rotatable bonds is 5. The van der Waals surface area contributed by atoms with Gasteiger partial charge in [-0.2, -0.15) is 0 Å². The SMILES string of the molecule is CC(NC(=O)N1C(=O)C(Cc2ccnc(N)c2)C1C(N)=O)c1ccccc1. The molecule has 2 heterocycles. The van der Waals surface area contributed by atoms with Crippen molar-refractivity contribution in [1.82, 2.24) is 15.2 Å². The Labute approximate surface area is 156 Å². The highest BCUT2D eigenvalue weighted by atomic mass is 16.2. The van der Waals surface area contributed by atoms with Gasteiger partial charge in [-0.1, -0.05) is 30.3 Å². The van der Waals surface area contributed by atoms with Crippen LogP contribution >= 0.6 is 0 Å². The maximum atomic E-state index is 12.5. The van der Waals surface area contributed by atoms with E-state index >= 15 is 0 Å². The number of hydrogen-bond donors (Lipinski definition) is 3. The molecule has 0 bridgehead atoms. The maximum absolute atomic E-state index is 12.5. The maximum Gasteiger partial charge on any atom is 0.325 e. The summed E-state index contributed by atoms with van der Waals surface area (Å²) < 4.78 is 0. The Balaban J connectivity index is 1.71. The Bertz CT molecular complexity index is 871. The summed E-state index contributed by atoms with van der Waals surface area (Å²) >= 11 is 0. The Morgan fingerprint density at radius 1 is 1.26 bits per heavy atom. The summed E-state index contributed by atoms with van der Waals surface area (Å²) in [5, 5.41) is 2.74. The predicted molar refractivity (Wildman–Crippen MR) is 99.1 cm³/mol. The number of urea groups is 1. The van der Waals surface area contributed by atoms with E-state index in [1.807, 2.05) is 30.3 Å². The largest absolute Gasteiger partial charge is 0.384 e. The first-order valence-electron chi connectivity index (χ1n) is 8.56. The number of carbonyl (C=O) groups excluding carboxylic acids is 3. The smallest absolute Gasteiger partial charge is 0.325 e. The van der Waals surface area contributed by atoms with Gasteiger partial charge in [0, 0.05) is 6.20 Å². The van der Waals surface area contributed by atoms with E-state index in [-0.39, 0.29) is 12.5 Å². The molecule has 8 nitrogen and oxygen atoms in total. The van der Waals surface area contributed by atoms with Crippen molar-refractivity contribution >= 4 is 23.7 Å². The summed E-state index contributed by atoms with van der Waals surface area (Å²) in [6.45, 7) is 1.80. The van der Waals surface area contributed by atoms with Crippen molar-refractivity contribution in [3.63, 3.8) is 0 Å². The van der Waals surface area contributed by atoms with Gasteiger partial charge < -0.3 is 16.8 Å². The molecule has 5 N–H and O–H groups in total. The minimum absolute atomic E-state index is 0.261. The molecule has 1 fully saturated rings. The lowest BCUT2D eigenvalue weighted by Crippen LogP contribution is -2.69. The van der Waals surface area contributed by atoms with E-state index in [0.29, 0.717) is 5.82 Å². The number of nitrogens with zero attached hydrogens (tertiary/aromatic N) is 2. The molecule has 140 valence electrons. The molecule has 1 saturated heterocycles. The van der Waals surface area contributed by atoms with Crippen LogP contribution in [0.1, 0.15) is 24.1 Å².